The Balaban J connectivity index is 3.32. The van der Waals surface area contributed by atoms with Crippen LogP contribution in [0.25, 0.3) is 0 Å². The van der Waals surface area contributed by atoms with Crippen molar-refractivity contribution in [1.82, 2.24) is 0 Å². The zero-order chi connectivity index (χ0) is 7.78. The van der Waals surface area contributed by atoms with Gasteiger partial charge in [-0.25, -0.2) is 0 Å². The van der Waals surface area contributed by atoms with Gasteiger partial charge in [-0.15, -0.1) is 11.3 Å². The maximum Gasteiger partial charge on any atom is 0.342 e. The predicted molar refractivity (Wildman–Crippen MR) is 40.3 cm³/mol. The largest absolute Gasteiger partial charge is 0.342 e. The fourth-order valence-electron chi connectivity index (χ4n) is 0.454. The average molecular weight is 245 g/mol. The maximum atomic E-state index is 12.2. The van der Waals surface area contributed by atoms with Gasteiger partial charge < -0.3 is 0 Å². The first-order chi connectivity index (χ1) is 4.52. The summed E-state index contributed by atoms with van der Waals surface area (Å²) in [5, 5.41) is 1.50. The molecule has 2 nitrogen and oxygen atoms in total. The average Bonchev–Trinajstić information content (AvgIpc) is 2.11. The highest BCUT2D eigenvalue weighted by molar-refractivity contribution is 9.10. The summed E-state index contributed by atoms with van der Waals surface area (Å²) in [6.45, 7) is 0. The van der Waals surface area contributed by atoms with Crippen LogP contribution < -0.4 is 0 Å². The molecule has 0 atom stereocenters. The molecule has 0 aliphatic heterocycles. The summed E-state index contributed by atoms with van der Waals surface area (Å²) in [5.74, 6) is 0. The SMILES string of the molecule is O=S(=O)(F)c1sccc1Br. The highest BCUT2D eigenvalue weighted by atomic mass is 79.9. The Kier molecular flexibility index (Phi) is 2.12. The van der Waals surface area contributed by atoms with Crippen molar-refractivity contribution in [1.29, 1.82) is 0 Å². The molecule has 0 aliphatic rings. The van der Waals surface area contributed by atoms with Crippen molar-refractivity contribution >= 4 is 37.5 Å². The molecular weight excluding hydrogens is 243 g/mol. The standard InChI is InChI=1S/C4H2BrFO2S2/c5-3-1-2-9-4(3)10(6,7)8/h1-2H. The molecule has 0 fully saturated rings. The van der Waals surface area contributed by atoms with E-state index in [1.807, 2.05) is 0 Å². The van der Waals surface area contributed by atoms with Crippen LogP contribution in [-0.2, 0) is 10.2 Å². The summed E-state index contributed by atoms with van der Waals surface area (Å²) in [7, 11) is -4.52. The highest BCUT2D eigenvalue weighted by Crippen LogP contribution is 2.28. The van der Waals surface area contributed by atoms with E-state index in [-0.39, 0.29) is 8.68 Å². The topological polar surface area (TPSA) is 34.1 Å². The number of halogens is 2. The molecule has 1 aromatic heterocycles. The molecule has 6 heteroatoms. The predicted octanol–water partition coefficient (Wildman–Crippen LogP) is 2.17. The lowest BCUT2D eigenvalue weighted by Crippen LogP contribution is -1.86. The van der Waals surface area contributed by atoms with Crippen molar-refractivity contribution in [3.05, 3.63) is 15.9 Å². The van der Waals surface area contributed by atoms with E-state index in [4.69, 9.17) is 0 Å². The van der Waals surface area contributed by atoms with Gasteiger partial charge in [0.2, 0.25) is 0 Å². The van der Waals surface area contributed by atoms with Crippen molar-refractivity contribution in [2.75, 3.05) is 0 Å². The molecule has 0 saturated carbocycles. The number of hydrogen-bond acceptors (Lipinski definition) is 3. The lowest BCUT2D eigenvalue weighted by molar-refractivity contribution is 0.554. The van der Waals surface area contributed by atoms with Crippen LogP contribution in [0.2, 0.25) is 0 Å². The molecule has 0 saturated heterocycles. The van der Waals surface area contributed by atoms with Gasteiger partial charge in [-0.05, 0) is 27.4 Å². The number of hydrogen-bond donors (Lipinski definition) is 0. The molecule has 56 valence electrons. The molecule has 0 radical (unpaired) electrons. The van der Waals surface area contributed by atoms with Gasteiger partial charge in [0, 0.05) is 4.47 Å². The summed E-state index contributed by atoms with van der Waals surface area (Å²) in [4.78, 5) is 0. The lowest BCUT2D eigenvalue weighted by Gasteiger charge is -1.86. The Morgan fingerprint density at radius 3 is 2.40 bits per heavy atom. The zero-order valence-electron chi connectivity index (χ0n) is 4.54. The van der Waals surface area contributed by atoms with Gasteiger partial charge in [-0.2, -0.15) is 8.42 Å². The fraction of sp³-hybridized carbons (Fsp3) is 0. The molecule has 1 heterocycles. The second-order valence-electron chi connectivity index (χ2n) is 1.49. The van der Waals surface area contributed by atoms with Gasteiger partial charge in [0.25, 0.3) is 0 Å². The minimum atomic E-state index is -4.52. The van der Waals surface area contributed by atoms with Crippen LogP contribution in [-0.4, -0.2) is 8.42 Å². The fourth-order valence-corrected chi connectivity index (χ4v) is 3.06. The molecule has 0 unspecified atom stereocenters. The van der Waals surface area contributed by atoms with Gasteiger partial charge in [0.15, 0.2) is 4.21 Å². The maximum absolute atomic E-state index is 12.2. The quantitative estimate of drug-likeness (QED) is 0.710. The van der Waals surface area contributed by atoms with E-state index in [1.54, 1.807) is 0 Å². The number of rotatable bonds is 1. The second kappa shape index (κ2) is 2.60. The van der Waals surface area contributed by atoms with Crippen molar-refractivity contribution in [3.63, 3.8) is 0 Å². The molecule has 1 rings (SSSR count). The van der Waals surface area contributed by atoms with E-state index in [0.717, 1.165) is 11.3 Å². The van der Waals surface area contributed by atoms with Crippen molar-refractivity contribution in [3.8, 4) is 0 Å². The van der Waals surface area contributed by atoms with Crippen LogP contribution in [0.5, 0.6) is 0 Å². The van der Waals surface area contributed by atoms with Crippen molar-refractivity contribution in [2.45, 2.75) is 4.21 Å². The second-order valence-corrected chi connectivity index (χ2v) is 4.81. The Morgan fingerprint density at radius 2 is 2.20 bits per heavy atom. The summed E-state index contributed by atoms with van der Waals surface area (Å²) in [6.07, 6.45) is 0. The Morgan fingerprint density at radius 1 is 1.60 bits per heavy atom. The minimum Gasteiger partial charge on any atom is -0.188 e. The third-order valence-corrected chi connectivity index (χ3v) is 4.25. The van der Waals surface area contributed by atoms with Crippen LogP contribution in [0.3, 0.4) is 0 Å². The molecule has 0 N–H and O–H groups in total. The van der Waals surface area contributed by atoms with E-state index in [0.29, 0.717) is 0 Å². The van der Waals surface area contributed by atoms with Crippen LogP contribution in [0, 0.1) is 0 Å². The molecule has 0 aliphatic carbocycles. The lowest BCUT2D eigenvalue weighted by atomic mass is 10.7. The van der Waals surface area contributed by atoms with Gasteiger partial charge in [-0.1, -0.05) is 3.89 Å². The first kappa shape index (κ1) is 8.16. The molecule has 1 aromatic rings. The van der Waals surface area contributed by atoms with E-state index in [1.165, 1.54) is 11.4 Å². The van der Waals surface area contributed by atoms with Crippen molar-refractivity contribution < 1.29 is 12.3 Å². The minimum absolute atomic E-state index is 0.271. The smallest absolute Gasteiger partial charge is 0.188 e. The summed E-state index contributed by atoms with van der Waals surface area (Å²) < 4.78 is 32.6. The van der Waals surface area contributed by atoms with Crippen molar-refractivity contribution in [2.24, 2.45) is 0 Å². The highest BCUT2D eigenvalue weighted by Gasteiger charge is 2.16. The monoisotopic (exact) mass is 244 g/mol. The summed E-state index contributed by atoms with van der Waals surface area (Å²) >= 11 is 3.74. The first-order valence-electron chi connectivity index (χ1n) is 2.19. The molecular formula is C4H2BrFO2S2. The third kappa shape index (κ3) is 1.56. The van der Waals surface area contributed by atoms with E-state index >= 15 is 0 Å². The van der Waals surface area contributed by atoms with E-state index < -0.39 is 10.2 Å². The molecule has 0 bridgehead atoms. The molecule has 0 amide bonds. The van der Waals surface area contributed by atoms with E-state index in [2.05, 4.69) is 15.9 Å². The Labute approximate surface area is 70.0 Å². The van der Waals surface area contributed by atoms with Gasteiger partial charge in [-0.3, -0.25) is 0 Å². The zero-order valence-corrected chi connectivity index (χ0v) is 7.76. The third-order valence-electron chi connectivity index (χ3n) is 0.806. The molecule has 0 aromatic carbocycles. The van der Waals surface area contributed by atoms with Gasteiger partial charge >= 0.3 is 10.2 Å². The number of thiophene rings is 1. The van der Waals surface area contributed by atoms with Gasteiger partial charge in [0.05, 0.1) is 0 Å². The Hall–Kier alpha value is 0.0600. The summed E-state index contributed by atoms with van der Waals surface area (Å²) in [5.41, 5.74) is 0. The normalized spacial score (nSPS) is 11.8. The van der Waals surface area contributed by atoms with E-state index in [9.17, 15) is 12.3 Å². The van der Waals surface area contributed by atoms with Crippen LogP contribution in [0.15, 0.2) is 20.1 Å². The Bertz CT molecular complexity index is 329. The molecule has 0 spiro atoms. The van der Waals surface area contributed by atoms with Crippen LogP contribution >= 0.6 is 27.3 Å². The van der Waals surface area contributed by atoms with Gasteiger partial charge in [0.1, 0.15) is 0 Å². The first-order valence-corrected chi connectivity index (χ1v) is 5.25. The molecule has 10 heavy (non-hydrogen) atoms. The van der Waals surface area contributed by atoms with Crippen LogP contribution in [0.4, 0.5) is 3.89 Å². The summed E-state index contributed by atoms with van der Waals surface area (Å²) in [6, 6.07) is 1.48. The van der Waals surface area contributed by atoms with Crippen LogP contribution in [0.1, 0.15) is 0 Å².